The second-order valence-corrected chi connectivity index (χ2v) is 3.77. The molecule has 1 aromatic heterocycles. The monoisotopic (exact) mass is 212 g/mol. The molecular formula is C10H13ClN2O. The molecule has 0 radical (unpaired) electrons. The maximum Gasteiger partial charge on any atom is 0.232 e. The van der Waals surface area contributed by atoms with Crippen LogP contribution in [-0.2, 0) is 5.88 Å². The lowest BCUT2D eigenvalue weighted by atomic mass is 10.3. The van der Waals surface area contributed by atoms with Crippen molar-refractivity contribution in [3.8, 4) is 5.88 Å². The van der Waals surface area contributed by atoms with Crippen molar-refractivity contribution in [1.82, 2.24) is 9.97 Å². The lowest BCUT2D eigenvalue weighted by Crippen LogP contribution is -2.12. The van der Waals surface area contributed by atoms with Crippen molar-refractivity contribution in [1.29, 1.82) is 0 Å². The Labute approximate surface area is 88.5 Å². The Morgan fingerprint density at radius 2 is 2.07 bits per heavy atom. The van der Waals surface area contributed by atoms with Crippen molar-refractivity contribution >= 4 is 11.6 Å². The van der Waals surface area contributed by atoms with Crippen molar-refractivity contribution in [2.75, 3.05) is 0 Å². The largest absolute Gasteiger partial charge is 0.473 e. The lowest BCUT2D eigenvalue weighted by Gasteiger charge is -2.11. The highest BCUT2D eigenvalue weighted by molar-refractivity contribution is 6.16. The molecule has 1 fully saturated rings. The van der Waals surface area contributed by atoms with Gasteiger partial charge in [0.15, 0.2) is 0 Å². The van der Waals surface area contributed by atoms with Gasteiger partial charge in [-0.3, -0.25) is 4.98 Å². The number of hydrogen-bond donors (Lipinski definition) is 0. The molecule has 1 aliphatic rings. The van der Waals surface area contributed by atoms with Gasteiger partial charge in [0.05, 0.1) is 24.0 Å². The normalized spacial score (nSPS) is 17.2. The van der Waals surface area contributed by atoms with Crippen LogP contribution in [0.25, 0.3) is 0 Å². The zero-order chi connectivity index (χ0) is 9.80. The van der Waals surface area contributed by atoms with E-state index in [1.54, 1.807) is 12.4 Å². The highest BCUT2D eigenvalue weighted by Gasteiger charge is 2.16. The van der Waals surface area contributed by atoms with E-state index in [0.717, 1.165) is 18.5 Å². The van der Waals surface area contributed by atoms with Crippen LogP contribution in [0.15, 0.2) is 12.4 Å². The number of aromatic nitrogens is 2. The predicted molar refractivity (Wildman–Crippen MR) is 54.5 cm³/mol. The first kappa shape index (κ1) is 9.71. The average molecular weight is 213 g/mol. The van der Waals surface area contributed by atoms with Gasteiger partial charge in [0, 0.05) is 0 Å². The number of nitrogens with zero attached hydrogens (tertiary/aromatic N) is 2. The maximum atomic E-state index is 5.66. The molecule has 0 N–H and O–H groups in total. The Bertz CT molecular complexity index is 283. The Balaban J connectivity index is 1.95. The van der Waals surface area contributed by atoms with E-state index in [2.05, 4.69) is 9.97 Å². The first-order valence-corrected chi connectivity index (χ1v) is 5.45. The number of ether oxygens (including phenoxy) is 1. The molecule has 1 saturated carbocycles. The molecule has 0 atom stereocenters. The van der Waals surface area contributed by atoms with E-state index in [-0.39, 0.29) is 0 Å². The second-order valence-electron chi connectivity index (χ2n) is 3.50. The molecule has 0 spiro atoms. The summed E-state index contributed by atoms with van der Waals surface area (Å²) in [7, 11) is 0. The van der Waals surface area contributed by atoms with E-state index in [4.69, 9.17) is 16.3 Å². The van der Waals surface area contributed by atoms with Crippen LogP contribution >= 0.6 is 11.6 Å². The zero-order valence-corrected chi connectivity index (χ0v) is 8.70. The molecule has 0 bridgehead atoms. The van der Waals surface area contributed by atoms with E-state index in [0.29, 0.717) is 17.9 Å². The third-order valence-electron chi connectivity index (χ3n) is 2.41. The van der Waals surface area contributed by atoms with E-state index < -0.39 is 0 Å². The molecule has 3 nitrogen and oxygen atoms in total. The van der Waals surface area contributed by atoms with Crippen LogP contribution in [0.5, 0.6) is 5.88 Å². The van der Waals surface area contributed by atoms with E-state index in [9.17, 15) is 0 Å². The fourth-order valence-electron chi connectivity index (χ4n) is 1.65. The van der Waals surface area contributed by atoms with Gasteiger partial charge in [0.2, 0.25) is 5.88 Å². The molecule has 1 aliphatic carbocycles. The summed E-state index contributed by atoms with van der Waals surface area (Å²) in [4.78, 5) is 8.26. The highest BCUT2D eigenvalue weighted by atomic mass is 35.5. The standard InChI is InChI=1S/C10H13ClN2O/c11-5-8-6-13-10(7-12-8)14-9-3-1-2-4-9/h6-7,9H,1-5H2. The first-order valence-electron chi connectivity index (χ1n) is 4.92. The Kier molecular flexibility index (Phi) is 3.19. The van der Waals surface area contributed by atoms with Crippen molar-refractivity contribution in [2.45, 2.75) is 37.7 Å². The van der Waals surface area contributed by atoms with Gasteiger partial charge in [0.1, 0.15) is 6.10 Å². The number of alkyl halides is 1. The van der Waals surface area contributed by atoms with Crippen molar-refractivity contribution in [2.24, 2.45) is 0 Å². The molecule has 76 valence electrons. The SMILES string of the molecule is ClCc1cnc(OC2CCCC2)cn1. The molecule has 4 heteroatoms. The van der Waals surface area contributed by atoms with Crippen molar-refractivity contribution < 1.29 is 4.74 Å². The molecule has 1 heterocycles. The number of rotatable bonds is 3. The predicted octanol–water partition coefficient (Wildman–Crippen LogP) is 2.54. The molecule has 1 aromatic rings. The van der Waals surface area contributed by atoms with Crippen molar-refractivity contribution in [3.05, 3.63) is 18.1 Å². The number of halogens is 1. The van der Waals surface area contributed by atoms with Gasteiger partial charge in [0.25, 0.3) is 0 Å². The second kappa shape index (κ2) is 4.60. The third kappa shape index (κ3) is 2.35. The summed E-state index contributed by atoms with van der Waals surface area (Å²) >= 11 is 5.61. The van der Waals surface area contributed by atoms with Gasteiger partial charge in [-0.25, -0.2) is 4.98 Å². The smallest absolute Gasteiger partial charge is 0.232 e. The molecule has 2 rings (SSSR count). The summed E-state index contributed by atoms with van der Waals surface area (Å²) in [6.07, 6.45) is 8.45. The molecule has 14 heavy (non-hydrogen) atoms. The van der Waals surface area contributed by atoms with Gasteiger partial charge in [-0.2, -0.15) is 0 Å². The molecule has 0 aromatic carbocycles. The van der Waals surface area contributed by atoms with E-state index in [1.807, 2.05) is 0 Å². The summed E-state index contributed by atoms with van der Waals surface area (Å²) in [5, 5.41) is 0. The average Bonchev–Trinajstić information content (AvgIpc) is 2.72. The fourth-order valence-corrected chi connectivity index (χ4v) is 1.79. The molecular weight excluding hydrogens is 200 g/mol. The summed E-state index contributed by atoms with van der Waals surface area (Å²) in [6, 6.07) is 0. The van der Waals surface area contributed by atoms with Crippen molar-refractivity contribution in [3.63, 3.8) is 0 Å². The summed E-state index contributed by atoms with van der Waals surface area (Å²) in [5.74, 6) is 1.02. The molecule has 0 aliphatic heterocycles. The zero-order valence-electron chi connectivity index (χ0n) is 7.95. The Morgan fingerprint density at radius 1 is 1.29 bits per heavy atom. The van der Waals surface area contributed by atoms with Crippen LogP contribution in [0.4, 0.5) is 0 Å². The Hall–Kier alpha value is -0.830. The highest BCUT2D eigenvalue weighted by Crippen LogP contribution is 2.22. The lowest BCUT2D eigenvalue weighted by molar-refractivity contribution is 0.200. The topological polar surface area (TPSA) is 35.0 Å². The van der Waals surface area contributed by atoms with Crippen LogP contribution in [0.1, 0.15) is 31.4 Å². The first-order chi connectivity index (χ1) is 6.88. The molecule has 0 unspecified atom stereocenters. The van der Waals surface area contributed by atoms with Gasteiger partial charge in [-0.15, -0.1) is 11.6 Å². The third-order valence-corrected chi connectivity index (χ3v) is 2.68. The van der Waals surface area contributed by atoms with Crippen LogP contribution in [-0.4, -0.2) is 16.1 Å². The van der Waals surface area contributed by atoms with Crippen LogP contribution in [0.2, 0.25) is 0 Å². The minimum Gasteiger partial charge on any atom is -0.473 e. The quantitative estimate of drug-likeness (QED) is 0.723. The summed E-state index contributed by atoms with van der Waals surface area (Å²) in [6.45, 7) is 0. The number of hydrogen-bond acceptors (Lipinski definition) is 3. The summed E-state index contributed by atoms with van der Waals surface area (Å²) in [5.41, 5.74) is 0.783. The maximum absolute atomic E-state index is 5.66. The molecule has 0 amide bonds. The summed E-state index contributed by atoms with van der Waals surface area (Å²) < 4.78 is 5.66. The fraction of sp³-hybridized carbons (Fsp3) is 0.600. The molecule has 0 saturated heterocycles. The van der Waals surface area contributed by atoms with Crippen LogP contribution in [0.3, 0.4) is 0 Å². The van der Waals surface area contributed by atoms with Gasteiger partial charge in [-0.1, -0.05) is 0 Å². The van der Waals surface area contributed by atoms with Crippen LogP contribution < -0.4 is 4.74 Å². The van der Waals surface area contributed by atoms with Gasteiger partial charge < -0.3 is 4.74 Å². The Morgan fingerprint density at radius 3 is 2.64 bits per heavy atom. The van der Waals surface area contributed by atoms with E-state index in [1.165, 1.54) is 12.8 Å². The van der Waals surface area contributed by atoms with Crippen LogP contribution in [0, 0.1) is 0 Å². The van der Waals surface area contributed by atoms with Gasteiger partial charge >= 0.3 is 0 Å². The van der Waals surface area contributed by atoms with E-state index >= 15 is 0 Å². The van der Waals surface area contributed by atoms with Gasteiger partial charge in [-0.05, 0) is 25.7 Å². The minimum absolute atomic E-state index is 0.339. The minimum atomic E-state index is 0.339.